The summed E-state index contributed by atoms with van der Waals surface area (Å²) in [6.07, 6.45) is 0.347. The molecule has 1 amide bonds. The van der Waals surface area contributed by atoms with Crippen LogP contribution < -0.4 is 0 Å². The Bertz CT molecular complexity index is 1130. The second kappa shape index (κ2) is 8.45. The molecule has 0 bridgehead atoms. The molecule has 168 valence electrons. The molecular formula is C20H17ClF4N6O. The molecular weight excluding hydrogens is 452 g/mol. The Morgan fingerprint density at radius 1 is 1.22 bits per heavy atom. The maximum Gasteiger partial charge on any atom is 0.416 e. The highest BCUT2D eigenvalue weighted by molar-refractivity contribution is 6.31. The van der Waals surface area contributed by atoms with Gasteiger partial charge in [-0.2, -0.15) is 23.0 Å². The zero-order valence-electron chi connectivity index (χ0n) is 16.7. The lowest BCUT2D eigenvalue weighted by atomic mass is 10.1. The van der Waals surface area contributed by atoms with Crippen molar-refractivity contribution in [1.29, 1.82) is 0 Å². The van der Waals surface area contributed by atoms with E-state index in [1.807, 2.05) is 0 Å². The second-order valence-corrected chi connectivity index (χ2v) is 7.97. The van der Waals surface area contributed by atoms with Crippen LogP contribution in [0.25, 0.3) is 5.95 Å². The van der Waals surface area contributed by atoms with Crippen molar-refractivity contribution in [3.05, 3.63) is 64.7 Å². The molecule has 1 aliphatic rings. The lowest BCUT2D eigenvalue weighted by Gasteiger charge is -2.29. The number of benzene rings is 1. The second-order valence-electron chi connectivity index (χ2n) is 7.53. The molecule has 1 atom stereocenters. The molecule has 2 aromatic heterocycles. The van der Waals surface area contributed by atoms with Gasteiger partial charge in [0.1, 0.15) is 6.33 Å². The average molecular weight is 469 g/mol. The fourth-order valence-electron chi connectivity index (χ4n) is 3.28. The zero-order chi connectivity index (χ0) is 23.0. The third-order valence-corrected chi connectivity index (χ3v) is 5.31. The summed E-state index contributed by atoms with van der Waals surface area (Å²) in [4.78, 5) is 26.7. The number of rotatable bonds is 6. The first kappa shape index (κ1) is 22.1. The molecule has 32 heavy (non-hydrogen) atoms. The third-order valence-electron chi connectivity index (χ3n) is 5.10. The number of alkyl halides is 3. The van der Waals surface area contributed by atoms with Crippen LogP contribution in [0, 0.1) is 11.7 Å². The summed E-state index contributed by atoms with van der Waals surface area (Å²) in [5.74, 6) is -0.682. The van der Waals surface area contributed by atoms with Crippen molar-refractivity contribution in [2.75, 3.05) is 6.54 Å². The Hall–Kier alpha value is -3.08. The molecule has 0 aliphatic heterocycles. The van der Waals surface area contributed by atoms with Gasteiger partial charge in [-0.25, -0.2) is 19.3 Å². The van der Waals surface area contributed by atoms with E-state index in [1.165, 1.54) is 22.0 Å². The largest absolute Gasteiger partial charge is 0.416 e. The Morgan fingerprint density at radius 3 is 2.53 bits per heavy atom. The van der Waals surface area contributed by atoms with Gasteiger partial charge in [-0.05, 0) is 43.9 Å². The van der Waals surface area contributed by atoms with Gasteiger partial charge >= 0.3 is 6.18 Å². The molecule has 4 rings (SSSR count). The minimum Gasteiger partial charge on any atom is -0.328 e. The molecule has 0 saturated heterocycles. The van der Waals surface area contributed by atoms with Gasteiger partial charge in [-0.15, -0.1) is 0 Å². The fraction of sp³-hybridized carbons (Fsp3) is 0.350. The predicted molar refractivity (Wildman–Crippen MR) is 106 cm³/mol. The maximum absolute atomic E-state index is 13.3. The van der Waals surface area contributed by atoms with Crippen molar-refractivity contribution in [3.63, 3.8) is 0 Å². The van der Waals surface area contributed by atoms with Gasteiger partial charge in [0, 0.05) is 17.1 Å². The van der Waals surface area contributed by atoms with Gasteiger partial charge in [0.25, 0.3) is 11.9 Å². The van der Waals surface area contributed by atoms with E-state index in [2.05, 4.69) is 20.1 Å². The average Bonchev–Trinajstić information content (AvgIpc) is 3.43. The molecule has 0 spiro atoms. The van der Waals surface area contributed by atoms with E-state index < -0.39 is 29.5 Å². The fourth-order valence-corrected chi connectivity index (χ4v) is 3.52. The minimum absolute atomic E-state index is 0.0479. The summed E-state index contributed by atoms with van der Waals surface area (Å²) in [5.41, 5.74) is -1.18. The van der Waals surface area contributed by atoms with Gasteiger partial charge in [-0.3, -0.25) is 4.79 Å². The Morgan fingerprint density at radius 2 is 1.91 bits per heavy atom. The molecule has 12 heteroatoms. The number of hydrogen-bond acceptors (Lipinski definition) is 5. The highest BCUT2D eigenvalue weighted by Crippen LogP contribution is 2.35. The topological polar surface area (TPSA) is 76.8 Å². The van der Waals surface area contributed by atoms with E-state index in [9.17, 15) is 22.4 Å². The lowest BCUT2D eigenvalue weighted by Crippen LogP contribution is -2.37. The third kappa shape index (κ3) is 4.72. The van der Waals surface area contributed by atoms with E-state index in [1.54, 1.807) is 6.92 Å². The van der Waals surface area contributed by atoms with Crippen molar-refractivity contribution < 1.29 is 22.4 Å². The SMILES string of the molecule is CC(c1ncnn1-c1ncc(F)cn1)N(CC1CC1)C(=O)c1cc(Cl)cc(C(F)(F)F)c1. The highest BCUT2D eigenvalue weighted by atomic mass is 35.5. The molecule has 3 aromatic rings. The maximum atomic E-state index is 13.3. The Kier molecular flexibility index (Phi) is 5.85. The van der Waals surface area contributed by atoms with Crippen LogP contribution in [0.4, 0.5) is 17.6 Å². The van der Waals surface area contributed by atoms with Crippen molar-refractivity contribution >= 4 is 17.5 Å². The lowest BCUT2D eigenvalue weighted by molar-refractivity contribution is -0.137. The minimum atomic E-state index is -4.65. The summed E-state index contributed by atoms with van der Waals surface area (Å²) in [7, 11) is 0. The zero-order valence-corrected chi connectivity index (χ0v) is 17.5. The van der Waals surface area contributed by atoms with Gasteiger partial charge in [0.15, 0.2) is 11.6 Å². The van der Waals surface area contributed by atoms with Crippen LogP contribution in [0.5, 0.6) is 0 Å². The van der Waals surface area contributed by atoms with Gasteiger partial charge in [0.2, 0.25) is 0 Å². The van der Waals surface area contributed by atoms with Crippen LogP contribution in [0.15, 0.2) is 36.9 Å². The standard InChI is InChI=1S/C20H17ClF4N6O/c1-11(17-28-10-29-31(17)19-26-7-16(22)8-27-19)30(9-12-2-3-12)18(32)13-4-14(20(23,24)25)6-15(21)5-13/h4-8,10-12H,2-3,9H2,1H3. The smallest absolute Gasteiger partial charge is 0.328 e. The summed E-state index contributed by atoms with van der Waals surface area (Å²) >= 11 is 5.88. The molecule has 1 aromatic carbocycles. The molecule has 1 saturated carbocycles. The first-order valence-electron chi connectivity index (χ1n) is 9.70. The Balaban J connectivity index is 1.70. The first-order chi connectivity index (χ1) is 15.1. The predicted octanol–water partition coefficient (Wildman–Crippen LogP) is 4.48. The molecule has 7 nitrogen and oxygen atoms in total. The Labute approximate surface area is 185 Å². The highest BCUT2D eigenvalue weighted by Gasteiger charge is 2.35. The number of hydrogen-bond donors (Lipinski definition) is 0. The van der Waals surface area contributed by atoms with Crippen molar-refractivity contribution in [1.82, 2.24) is 29.6 Å². The number of aromatic nitrogens is 5. The van der Waals surface area contributed by atoms with Crippen LogP contribution in [0.2, 0.25) is 5.02 Å². The van der Waals surface area contributed by atoms with Crippen LogP contribution in [0.1, 0.15) is 47.6 Å². The van der Waals surface area contributed by atoms with Crippen molar-refractivity contribution in [3.8, 4) is 5.95 Å². The summed E-state index contributed by atoms with van der Waals surface area (Å²) < 4.78 is 54.2. The van der Waals surface area contributed by atoms with Crippen LogP contribution >= 0.6 is 11.6 Å². The van der Waals surface area contributed by atoms with E-state index in [-0.39, 0.29) is 28.3 Å². The normalized spacial score (nSPS) is 14.9. The molecule has 1 unspecified atom stereocenters. The van der Waals surface area contributed by atoms with Crippen LogP contribution in [0.3, 0.4) is 0 Å². The number of amides is 1. The number of carbonyl (C=O) groups excluding carboxylic acids is 1. The van der Waals surface area contributed by atoms with E-state index in [0.29, 0.717) is 6.54 Å². The monoisotopic (exact) mass is 468 g/mol. The molecule has 0 N–H and O–H groups in total. The summed E-state index contributed by atoms with van der Waals surface area (Å²) in [6.45, 7) is 2.00. The van der Waals surface area contributed by atoms with Crippen LogP contribution in [-0.2, 0) is 6.18 Å². The first-order valence-corrected chi connectivity index (χ1v) is 10.1. The number of nitrogens with zero attached hydrogens (tertiary/aromatic N) is 6. The summed E-state index contributed by atoms with van der Waals surface area (Å²) in [6, 6.07) is 2.08. The van der Waals surface area contributed by atoms with E-state index in [0.717, 1.165) is 37.4 Å². The number of carbonyl (C=O) groups is 1. The van der Waals surface area contributed by atoms with Crippen LogP contribution in [-0.4, -0.2) is 42.1 Å². The summed E-state index contributed by atoms with van der Waals surface area (Å²) in [5, 5.41) is 3.87. The van der Waals surface area contributed by atoms with Gasteiger partial charge in [0.05, 0.1) is 24.0 Å². The molecule has 1 aliphatic carbocycles. The molecule has 1 fully saturated rings. The van der Waals surface area contributed by atoms with Gasteiger partial charge < -0.3 is 4.90 Å². The van der Waals surface area contributed by atoms with E-state index >= 15 is 0 Å². The van der Waals surface area contributed by atoms with E-state index in [4.69, 9.17) is 11.6 Å². The quantitative estimate of drug-likeness (QED) is 0.498. The molecule has 2 heterocycles. The van der Waals surface area contributed by atoms with Crippen molar-refractivity contribution in [2.45, 2.75) is 32.0 Å². The van der Waals surface area contributed by atoms with Crippen molar-refractivity contribution in [2.24, 2.45) is 5.92 Å². The number of halogens is 5. The van der Waals surface area contributed by atoms with Gasteiger partial charge in [-0.1, -0.05) is 11.6 Å². The molecule has 0 radical (unpaired) electrons.